The maximum Gasteiger partial charge on any atom is 0.323 e. The summed E-state index contributed by atoms with van der Waals surface area (Å²) < 4.78 is 17.1. The molecule has 2 aromatic carbocycles. The first-order chi connectivity index (χ1) is 17.3. The average Bonchev–Trinajstić information content (AvgIpc) is 3.25. The lowest BCUT2D eigenvalue weighted by Gasteiger charge is -2.49. The molecule has 2 aliphatic rings. The van der Waals surface area contributed by atoms with E-state index in [1.165, 1.54) is 14.2 Å². The van der Waals surface area contributed by atoms with Crippen LogP contribution in [0.25, 0.3) is 0 Å². The maximum absolute atomic E-state index is 13.8. The van der Waals surface area contributed by atoms with E-state index in [1.807, 2.05) is 42.5 Å². The van der Waals surface area contributed by atoms with Crippen molar-refractivity contribution >= 4 is 27.9 Å². The fourth-order valence-corrected chi connectivity index (χ4v) is 6.95. The van der Waals surface area contributed by atoms with E-state index in [0.29, 0.717) is 6.42 Å². The Kier molecular flexibility index (Phi) is 7.46. The van der Waals surface area contributed by atoms with E-state index in [-0.39, 0.29) is 24.2 Å². The second-order valence-electron chi connectivity index (χ2n) is 9.76. The van der Waals surface area contributed by atoms with Crippen molar-refractivity contribution in [2.75, 3.05) is 21.3 Å². The van der Waals surface area contributed by atoms with E-state index in [0.717, 1.165) is 39.8 Å². The molecular weight excluding hydrogens is 520 g/mol. The number of allylic oxidation sites excluding steroid dienone is 2. The molecule has 0 amide bonds. The maximum atomic E-state index is 13.8. The average molecular weight is 553 g/mol. The molecule has 0 bridgehead atoms. The number of hydrogen-bond acceptors (Lipinski definition) is 5. The molecule has 1 saturated carbocycles. The largest absolute Gasteiger partial charge is 0.497 e. The van der Waals surface area contributed by atoms with Gasteiger partial charge in [-0.15, -0.1) is 13.2 Å². The van der Waals surface area contributed by atoms with Gasteiger partial charge in [0.2, 0.25) is 0 Å². The number of halogens is 1. The number of hydrogen-bond donors (Lipinski definition) is 0. The van der Waals surface area contributed by atoms with Crippen LogP contribution in [0, 0.1) is 17.3 Å². The van der Waals surface area contributed by atoms with Crippen molar-refractivity contribution < 1.29 is 23.8 Å². The van der Waals surface area contributed by atoms with E-state index in [1.54, 1.807) is 7.11 Å². The summed E-state index contributed by atoms with van der Waals surface area (Å²) in [4.78, 5) is 27.6. The Morgan fingerprint density at radius 2 is 1.58 bits per heavy atom. The van der Waals surface area contributed by atoms with Crippen molar-refractivity contribution in [3.05, 3.63) is 88.9 Å². The van der Waals surface area contributed by atoms with E-state index >= 15 is 0 Å². The summed E-state index contributed by atoms with van der Waals surface area (Å²) in [6.45, 7) is 8.31. The van der Waals surface area contributed by atoms with Gasteiger partial charge in [-0.1, -0.05) is 46.3 Å². The van der Waals surface area contributed by atoms with Gasteiger partial charge in [0.15, 0.2) is 5.41 Å². The van der Waals surface area contributed by atoms with Gasteiger partial charge in [0.1, 0.15) is 5.75 Å². The van der Waals surface area contributed by atoms with E-state index in [2.05, 4.69) is 41.2 Å². The highest BCUT2D eigenvalue weighted by Crippen LogP contribution is 2.61. The van der Waals surface area contributed by atoms with Crippen LogP contribution < -0.4 is 4.74 Å². The molecule has 5 nitrogen and oxygen atoms in total. The van der Waals surface area contributed by atoms with Gasteiger partial charge in [0.25, 0.3) is 0 Å². The smallest absolute Gasteiger partial charge is 0.323 e. The van der Waals surface area contributed by atoms with Crippen LogP contribution in [0.2, 0.25) is 0 Å². The highest BCUT2D eigenvalue weighted by atomic mass is 79.9. The SMILES string of the molecule is C=C[C@H]1CC[C@H](C=C)C1(CC(C(=O)OC)(C(=O)OC)C1Cc2cc(OC)ccc21)c1ccc(Br)cc1. The lowest BCUT2D eigenvalue weighted by molar-refractivity contribution is -0.174. The Morgan fingerprint density at radius 1 is 1.00 bits per heavy atom. The third-order valence-corrected chi connectivity index (χ3v) is 9.01. The molecule has 2 aliphatic carbocycles. The molecule has 0 aromatic heterocycles. The van der Waals surface area contributed by atoms with Crippen molar-refractivity contribution in [2.24, 2.45) is 17.3 Å². The summed E-state index contributed by atoms with van der Waals surface area (Å²) >= 11 is 3.54. The number of rotatable bonds is 9. The van der Waals surface area contributed by atoms with Crippen LogP contribution in [0.5, 0.6) is 5.75 Å². The van der Waals surface area contributed by atoms with Crippen molar-refractivity contribution in [2.45, 2.75) is 37.0 Å². The summed E-state index contributed by atoms with van der Waals surface area (Å²) in [5.74, 6) is -0.724. The molecule has 1 fully saturated rings. The van der Waals surface area contributed by atoms with Crippen LogP contribution >= 0.6 is 15.9 Å². The molecule has 4 rings (SSSR count). The molecule has 0 aliphatic heterocycles. The first kappa shape index (κ1) is 26.2. The quantitative estimate of drug-likeness (QED) is 0.212. The van der Waals surface area contributed by atoms with Crippen LogP contribution in [0.4, 0.5) is 0 Å². The van der Waals surface area contributed by atoms with Crippen molar-refractivity contribution in [1.29, 1.82) is 0 Å². The summed E-state index contributed by atoms with van der Waals surface area (Å²) in [5, 5.41) is 0. The van der Waals surface area contributed by atoms with Crippen molar-refractivity contribution in [3.8, 4) is 5.75 Å². The van der Waals surface area contributed by atoms with Crippen LogP contribution in [0.3, 0.4) is 0 Å². The summed E-state index contributed by atoms with van der Waals surface area (Å²) in [6, 6.07) is 13.9. The van der Waals surface area contributed by atoms with Gasteiger partial charge in [0, 0.05) is 15.8 Å². The van der Waals surface area contributed by atoms with Gasteiger partial charge in [-0.2, -0.15) is 0 Å². The summed E-state index contributed by atoms with van der Waals surface area (Å²) in [6.07, 6.45) is 6.46. The van der Waals surface area contributed by atoms with E-state index in [4.69, 9.17) is 14.2 Å². The predicted octanol–water partition coefficient (Wildman–Crippen LogP) is 6.16. The number of benzene rings is 2. The fraction of sp³-hybridized carbons (Fsp3) is 0.400. The second-order valence-corrected chi connectivity index (χ2v) is 10.7. The monoisotopic (exact) mass is 552 g/mol. The number of carbonyl (C=O) groups is 2. The molecule has 0 saturated heterocycles. The Balaban J connectivity index is 1.95. The third-order valence-electron chi connectivity index (χ3n) is 8.48. The lowest BCUT2D eigenvalue weighted by Crippen LogP contribution is -2.55. The highest BCUT2D eigenvalue weighted by molar-refractivity contribution is 9.10. The molecule has 0 radical (unpaired) electrons. The number of carbonyl (C=O) groups excluding carboxylic acids is 2. The number of esters is 2. The predicted molar refractivity (Wildman–Crippen MR) is 143 cm³/mol. The Hall–Kier alpha value is -2.86. The highest BCUT2D eigenvalue weighted by Gasteiger charge is 2.64. The molecule has 6 heteroatoms. The van der Waals surface area contributed by atoms with Gasteiger partial charge in [-0.3, -0.25) is 9.59 Å². The standard InChI is InChI=1S/C30H33BrO5/c1-6-20-8-9-21(7-2)29(20,22-10-12-23(31)13-11-22)18-30(27(32)35-4,28(33)36-5)26-17-19-16-24(34-3)14-15-25(19)26/h6-7,10-16,20-21,26H,1-2,8-9,17-18H2,3-5H3/t20-,21-,26?/m0/s1. The topological polar surface area (TPSA) is 61.8 Å². The second kappa shape index (κ2) is 10.3. The van der Waals surface area contributed by atoms with Gasteiger partial charge in [-0.25, -0.2) is 0 Å². The van der Waals surface area contributed by atoms with Crippen LogP contribution in [0.1, 0.15) is 41.9 Å². The summed E-state index contributed by atoms with van der Waals surface area (Å²) in [5.41, 5.74) is 0.923. The summed E-state index contributed by atoms with van der Waals surface area (Å²) in [7, 11) is 4.30. The fourth-order valence-electron chi connectivity index (χ4n) is 6.68. The first-order valence-corrected chi connectivity index (χ1v) is 13.0. The molecule has 190 valence electrons. The zero-order chi connectivity index (χ0) is 26.1. The zero-order valence-electron chi connectivity index (χ0n) is 21.1. The van der Waals surface area contributed by atoms with E-state index in [9.17, 15) is 9.59 Å². The molecule has 0 N–H and O–H groups in total. The first-order valence-electron chi connectivity index (χ1n) is 12.2. The molecule has 2 aromatic rings. The van der Waals surface area contributed by atoms with Crippen molar-refractivity contribution in [3.63, 3.8) is 0 Å². The molecule has 0 spiro atoms. The normalized spacial score (nSPS) is 22.1. The minimum absolute atomic E-state index is 0.0331. The Bertz CT molecular complexity index is 1140. The van der Waals surface area contributed by atoms with Gasteiger partial charge >= 0.3 is 11.9 Å². The van der Waals surface area contributed by atoms with Gasteiger partial charge < -0.3 is 14.2 Å². The van der Waals surface area contributed by atoms with Gasteiger partial charge in [0.05, 0.1) is 21.3 Å². The molecule has 0 heterocycles. The van der Waals surface area contributed by atoms with Crippen LogP contribution in [0.15, 0.2) is 72.2 Å². The molecule has 36 heavy (non-hydrogen) atoms. The molecule has 1 unspecified atom stereocenters. The Labute approximate surface area is 221 Å². The van der Waals surface area contributed by atoms with E-state index < -0.39 is 22.8 Å². The minimum Gasteiger partial charge on any atom is -0.497 e. The number of fused-ring (bicyclic) bond motifs is 1. The molecular formula is C30H33BrO5. The Morgan fingerprint density at radius 3 is 2.06 bits per heavy atom. The van der Waals surface area contributed by atoms with Crippen LogP contribution in [-0.2, 0) is 30.9 Å². The lowest BCUT2D eigenvalue weighted by atomic mass is 9.52. The van der Waals surface area contributed by atoms with Crippen molar-refractivity contribution in [1.82, 2.24) is 0 Å². The zero-order valence-corrected chi connectivity index (χ0v) is 22.7. The third kappa shape index (κ3) is 3.90. The van der Waals surface area contributed by atoms with Crippen LogP contribution in [-0.4, -0.2) is 33.3 Å². The minimum atomic E-state index is -1.54. The molecule has 3 atom stereocenters. The number of methoxy groups -OCH3 is 3. The van der Waals surface area contributed by atoms with Gasteiger partial charge in [-0.05, 0) is 78.5 Å². The number of ether oxygens (including phenoxy) is 3.